The number of carbonyl (C=O) groups is 2. The van der Waals surface area contributed by atoms with Crippen molar-refractivity contribution >= 4 is 33.2 Å². The molecule has 7 nitrogen and oxygen atoms in total. The number of anilines is 2. The van der Waals surface area contributed by atoms with Gasteiger partial charge in [-0.05, 0) is 30.2 Å². The molecule has 0 radical (unpaired) electrons. The van der Waals surface area contributed by atoms with Crippen LogP contribution in [0.3, 0.4) is 0 Å². The molecule has 2 aromatic carbocycles. The summed E-state index contributed by atoms with van der Waals surface area (Å²) in [6, 6.07) is 12.3. The number of benzene rings is 2. The second kappa shape index (κ2) is 6.89. The monoisotopic (exact) mass is 373 g/mol. The number of nitrogens with two attached hydrogens (primary N) is 1. The Hall–Kier alpha value is -2.71. The van der Waals surface area contributed by atoms with Gasteiger partial charge >= 0.3 is 0 Å². The van der Waals surface area contributed by atoms with E-state index in [9.17, 15) is 18.0 Å². The molecule has 0 fully saturated rings. The molecule has 1 heterocycles. The molecule has 0 saturated heterocycles. The summed E-state index contributed by atoms with van der Waals surface area (Å²) < 4.78 is 23.2. The van der Waals surface area contributed by atoms with Crippen molar-refractivity contribution in [3.8, 4) is 0 Å². The van der Waals surface area contributed by atoms with E-state index in [0.29, 0.717) is 17.7 Å². The summed E-state index contributed by atoms with van der Waals surface area (Å²) in [4.78, 5) is 26.8. The van der Waals surface area contributed by atoms with Crippen LogP contribution in [0.2, 0.25) is 0 Å². The molecule has 2 amide bonds. The zero-order valence-corrected chi connectivity index (χ0v) is 15.0. The quantitative estimate of drug-likeness (QED) is 0.856. The molecule has 1 atom stereocenters. The van der Waals surface area contributed by atoms with E-state index in [1.165, 1.54) is 23.1 Å². The fourth-order valence-corrected chi connectivity index (χ4v) is 3.55. The maximum absolute atomic E-state index is 12.8. The number of sulfonamides is 1. The van der Waals surface area contributed by atoms with E-state index in [2.05, 4.69) is 5.32 Å². The molecule has 26 heavy (non-hydrogen) atoms. The first-order chi connectivity index (χ1) is 12.3. The molecule has 1 aliphatic rings. The Morgan fingerprint density at radius 2 is 1.88 bits per heavy atom. The summed E-state index contributed by atoms with van der Waals surface area (Å²) in [7, 11) is -3.92. The molecule has 1 aliphatic heterocycles. The average molecular weight is 373 g/mol. The van der Waals surface area contributed by atoms with Crippen molar-refractivity contribution in [3.05, 3.63) is 54.1 Å². The summed E-state index contributed by atoms with van der Waals surface area (Å²) in [5.74, 6) is -0.611. The highest BCUT2D eigenvalue weighted by atomic mass is 32.2. The highest BCUT2D eigenvalue weighted by Gasteiger charge is 2.37. The first-order valence-corrected chi connectivity index (χ1v) is 9.72. The highest BCUT2D eigenvalue weighted by molar-refractivity contribution is 7.89. The Balaban J connectivity index is 2.16. The number of nitrogens with one attached hydrogen (secondary N) is 1. The van der Waals surface area contributed by atoms with E-state index in [-0.39, 0.29) is 22.9 Å². The molecule has 136 valence electrons. The lowest BCUT2D eigenvalue weighted by atomic mass is 9.99. The van der Waals surface area contributed by atoms with Crippen LogP contribution in [0.1, 0.15) is 31.4 Å². The van der Waals surface area contributed by atoms with Gasteiger partial charge in [-0.25, -0.2) is 13.6 Å². The molecule has 0 bridgehead atoms. The lowest BCUT2D eigenvalue weighted by Gasteiger charge is -2.37. The summed E-state index contributed by atoms with van der Waals surface area (Å²) in [6.45, 7) is 1.88. The van der Waals surface area contributed by atoms with Crippen molar-refractivity contribution in [2.45, 2.75) is 30.7 Å². The molecule has 0 saturated carbocycles. The minimum Gasteiger partial charge on any atom is -0.322 e. The minimum absolute atomic E-state index is 0.127. The van der Waals surface area contributed by atoms with Crippen LogP contribution in [0.5, 0.6) is 0 Å². The molecular formula is C18H19N3O4S. The van der Waals surface area contributed by atoms with Crippen LogP contribution >= 0.6 is 0 Å². The van der Waals surface area contributed by atoms with Crippen LogP contribution in [-0.2, 0) is 19.6 Å². The maximum Gasteiger partial charge on any atom is 0.252 e. The van der Waals surface area contributed by atoms with Crippen LogP contribution in [-0.4, -0.2) is 20.2 Å². The predicted octanol–water partition coefficient (Wildman–Crippen LogP) is 2.16. The highest BCUT2D eigenvalue weighted by Crippen LogP contribution is 2.39. The van der Waals surface area contributed by atoms with Crippen LogP contribution in [0, 0.1) is 0 Å². The third kappa shape index (κ3) is 3.33. The Morgan fingerprint density at radius 3 is 2.50 bits per heavy atom. The number of amides is 2. The van der Waals surface area contributed by atoms with Crippen LogP contribution in [0.15, 0.2) is 53.4 Å². The van der Waals surface area contributed by atoms with Gasteiger partial charge in [0.25, 0.3) is 5.91 Å². The van der Waals surface area contributed by atoms with Crippen molar-refractivity contribution < 1.29 is 18.0 Å². The van der Waals surface area contributed by atoms with Crippen molar-refractivity contribution in [3.63, 3.8) is 0 Å². The van der Waals surface area contributed by atoms with E-state index >= 15 is 0 Å². The zero-order valence-electron chi connectivity index (χ0n) is 14.2. The molecule has 3 N–H and O–H groups in total. The van der Waals surface area contributed by atoms with Crippen molar-refractivity contribution in [2.24, 2.45) is 5.14 Å². The van der Waals surface area contributed by atoms with Crippen molar-refractivity contribution in [1.29, 1.82) is 0 Å². The van der Waals surface area contributed by atoms with Gasteiger partial charge in [-0.1, -0.05) is 37.3 Å². The predicted molar refractivity (Wildman–Crippen MR) is 98.0 cm³/mol. The molecule has 1 unspecified atom stereocenters. The topological polar surface area (TPSA) is 110 Å². The minimum atomic E-state index is -3.92. The summed E-state index contributed by atoms with van der Waals surface area (Å²) in [6.07, 6.45) is 0.899. The van der Waals surface area contributed by atoms with Crippen LogP contribution < -0.4 is 15.4 Å². The van der Waals surface area contributed by atoms with E-state index in [4.69, 9.17) is 5.14 Å². The SMILES string of the molecule is CCCC(=O)N1c2ccc(S(N)(=O)=O)cc2NC(=O)C1c1ccccc1. The number of fused-ring (bicyclic) bond motifs is 1. The van der Waals surface area contributed by atoms with Gasteiger partial charge in [0, 0.05) is 6.42 Å². The largest absolute Gasteiger partial charge is 0.322 e. The Bertz CT molecular complexity index is 958. The summed E-state index contributed by atoms with van der Waals surface area (Å²) in [5.41, 5.74) is 1.37. The van der Waals surface area contributed by atoms with Gasteiger partial charge in [0.1, 0.15) is 6.04 Å². The molecular weight excluding hydrogens is 354 g/mol. The Kier molecular flexibility index (Phi) is 4.80. The fourth-order valence-electron chi connectivity index (χ4n) is 3.01. The maximum atomic E-state index is 12.8. The molecule has 3 rings (SSSR count). The summed E-state index contributed by atoms with van der Waals surface area (Å²) in [5, 5.41) is 7.86. The molecule has 0 aliphatic carbocycles. The summed E-state index contributed by atoms with van der Waals surface area (Å²) >= 11 is 0. The Morgan fingerprint density at radius 1 is 1.19 bits per heavy atom. The van der Waals surface area contributed by atoms with Gasteiger partial charge in [-0.3, -0.25) is 14.5 Å². The Labute approximate surface area is 151 Å². The van der Waals surface area contributed by atoms with E-state index < -0.39 is 22.0 Å². The van der Waals surface area contributed by atoms with Gasteiger partial charge in [0.2, 0.25) is 15.9 Å². The molecule has 8 heteroatoms. The van der Waals surface area contributed by atoms with Gasteiger partial charge in [0.15, 0.2) is 0 Å². The van der Waals surface area contributed by atoms with Crippen LogP contribution in [0.25, 0.3) is 0 Å². The standard InChI is InChI=1S/C18H19N3O4S/c1-2-6-16(22)21-15-10-9-13(26(19,24)25)11-14(15)20-18(23)17(21)12-7-4-3-5-8-12/h3-5,7-11,17H,2,6H2,1H3,(H,20,23)(H2,19,24,25). The fraction of sp³-hybridized carbons (Fsp3) is 0.222. The average Bonchev–Trinajstić information content (AvgIpc) is 2.60. The van der Waals surface area contributed by atoms with Gasteiger partial charge < -0.3 is 5.32 Å². The third-order valence-corrected chi connectivity index (χ3v) is 5.08. The number of hydrogen-bond donors (Lipinski definition) is 2. The lowest BCUT2D eigenvalue weighted by Crippen LogP contribution is -2.45. The smallest absolute Gasteiger partial charge is 0.252 e. The number of hydrogen-bond acceptors (Lipinski definition) is 4. The van der Waals surface area contributed by atoms with Crippen molar-refractivity contribution in [2.75, 3.05) is 10.2 Å². The van der Waals surface area contributed by atoms with E-state index in [0.717, 1.165) is 0 Å². The zero-order chi connectivity index (χ0) is 18.9. The van der Waals surface area contributed by atoms with Gasteiger partial charge in [0.05, 0.1) is 16.3 Å². The number of carbonyl (C=O) groups excluding carboxylic acids is 2. The normalized spacial score (nSPS) is 16.8. The van der Waals surface area contributed by atoms with Gasteiger partial charge in [-0.15, -0.1) is 0 Å². The number of nitrogens with zero attached hydrogens (tertiary/aromatic N) is 1. The first-order valence-electron chi connectivity index (χ1n) is 8.17. The second-order valence-electron chi connectivity index (χ2n) is 6.04. The van der Waals surface area contributed by atoms with Gasteiger partial charge in [-0.2, -0.15) is 0 Å². The van der Waals surface area contributed by atoms with Crippen molar-refractivity contribution in [1.82, 2.24) is 0 Å². The molecule has 0 spiro atoms. The first kappa shape index (κ1) is 18.1. The van der Waals surface area contributed by atoms with E-state index in [1.807, 2.05) is 13.0 Å². The number of primary sulfonamides is 1. The van der Waals surface area contributed by atoms with E-state index in [1.54, 1.807) is 24.3 Å². The third-order valence-electron chi connectivity index (χ3n) is 4.17. The second-order valence-corrected chi connectivity index (χ2v) is 7.60. The molecule has 0 aromatic heterocycles. The van der Waals surface area contributed by atoms with Crippen LogP contribution in [0.4, 0.5) is 11.4 Å². The molecule has 2 aromatic rings. The lowest BCUT2D eigenvalue weighted by molar-refractivity contribution is -0.124. The number of rotatable bonds is 4.